The fourth-order valence-electron chi connectivity index (χ4n) is 1.72. The summed E-state index contributed by atoms with van der Waals surface area (Å²) in [5.41, 5.74) is 2.77. The molecule has 1 aliphatic heterocycles. The van der Waals surface area contributed by atoms with Crippen molar-refractivity contribution in [3.05, 3.63) is 29.7 Å². The second kappa shape index (κ2) is 7.98. The molecule has 7 heteroatoms. The van der Waals surface area contributed by atoms with Gasteiger partial charge < -0.3 is 15.0 Å². The summed E-state index contributed by atoms with van der Waals surface area (Å²) in [6.07, 6.45) is 3.52. The molecule has 20 heavy (non-hydrogen) atoms. The Morgan fingerprint density at radius 3 is 3.05 bits per heavy atom. The van der Waals surface area contributed by atoms with Gasteiger partial charge in [0, 0.05) is 24.5 Å². The summed E-state index contributed by atoms with van der Waals surface area (Å²) in [5.74, 6) is 0. The van der Waals surface area contributed by atoms with E-state index >= 15 is 0 Å². The van der Waals surface area contributed by atoms with Crippen LogP contribution in [0.15, 0.2) is 29.9 Å². The SMILES string of the molecule is C=CCNC(=S)N/N=C\c1ccc(N2CCOCC2)s1. The number of ether oxygens (including phenoxy) is 1. The highest BCUT2D eigenvalue weighted by atomic mass is 32.1. The zero-order valence-electron chi connectivity index (χ0n) is 11.2. The van der Waals surface area contributed by atoms with Gasteiger partial charge in [0.2, 0.25) is 0 Å². The molecule has 0 unspecified atom stereocenters. The molecule has 1 fully saturated rings. The Hall–Kier alpha value is -1.44. The predicted molar refractivity (Wildman–Crippen MR) is 88.9 cm³/mol. The summed E-state index contributed by atoms with van der Waals surface area (Å²) >= 11 is 6.75. The molecule has 0 amide bonds. The van der Waals surface area contributed by atoms with Crippen LogP contribution in [0.5, 0.6) is 0 Å². The maximum Gasteiger partial charge on any atom is 0.187 e. The maximum absolute atomic E-state index is 5.35. The average Bonchev–Trinajstić information content (AvgIpc) is 2.95. The third kappa shape index (κ3) is 4.59. The van der Waals surface area contributed by atoms with Gasteiger partial charge >= 0.3 is 0 Å². The quantitative estimate of drug-likeness (QED) is 0.374. The lowest BCUT2D eigenvalue weighted by Gasteiger charge is -2.27. The smallest absolute Gasteiger partial charge is 0.187 e. The van der Waals surface area contributed by atoms with E-state index in [1.807, 2.05) is 0 Å². The van der Waals surface area contributed by atoms with Gasteiger partial charge in [-0.15, -0.1) is 17.9 Å². The fourth-order valence-corrected chi connectivity index (χ4v) is 2.79. The first kappa shape index (κ1) is 15.0. The highest BCUT2D eigenvalue weighted by Gasteiger charge is 2.12. The molecule has 0 radical (unpaired) electrons. The molecule has 2 heterocycles. The molecule has 1 aromatic rings. The van der Waals surface area contributed by atoms with Crippen molar-refractivity contribution in [1.29, 1.82) is 0 Å². The third-order valence-electron chi connectivity index (χ3n) is 2.70. The van der Waals surface area contributed by atoms with Crippen molar-refractivity contribution >= 4 is 39.9 Å². The van der Waals surface area contributed by atoms with E-state index in [9.17, 15) is 0 Å². The average molecular weight is 310 g/mol. The summed E-state index contributed by atoms with van der Waals surface area (Å²) < 4.78 is 5.35. The van der Waals surface area contributed by atoms with Gasteiger partial charge in [0.15, 0.2) is 5.11 Å². The van der Waals surface area contributed by atoms with E-state index in [-0.39, 0.29) is 0 Å². The van der Waals surface area contributed by atoms with Crippen LogP contribution in [0.2, 0.25) is 0 Å². The molecule has 0 atom stereocenters. The number of hydrogen-bond acceptors (Lipinski definition) is 5. The van der Waals surface area contributed by atoms with E-state index in [4.69, 9.17) is 17.0 Å². The van der Waals surface area contributed by atoms with Crippen molar-refractivity contribution in [2.24, 2.45) is 5.10 Å². The van der Waals surface area contributed by atoms with Gasteiger partial charge in [0.25, 0.3) is 0 Å². The first-order valence-electron chi connectivity index (χ1n) is 6.40. The largest absolute Gasteiger partial charge is 0.378 e. The Morgan fingerprint density at radius 1 is 1.50 bits per heavy atom. The molecule has 0 aromatic carbocycles. The number of thiophene rings is 1. The molecular weight excluding hydrogens is 292 g/mol. The Kier molecular flexibility index (Phi) is 5.97. The molecular formula is C13H18N4OS2. The van der Waals surface area contributed by atoms with Crippen LogP contribution in [0.3, 0.4) is 0 Å². The van der Waals surface area contributed by atoms with Crippen LogP contribution < -0.4 is 15.6 Å². The van der Waals surface area contributed by atoms with E-state index in [1.165, 1.54) is 5.00 Å². The number of thiocarbonyl (C=S) groups is 1. The van der Waals surface area contributed by atoms with Crippen molar-refractivity contribution in [1.82, 2.24) is 10.7 Å². The van der Waals surface area contributed by atoms with Gasteiger partial charge in [-0.3, -0.25) is 5.43 Å². The standard InChI is InChI=1S/C13H18N4OS2/c1-2-5-14-13(19)16-15-10-11-3-4-12(20-11)17-6-8-18-9-7-17/h2-4,10H,1,5-9H2,(H2,14,16,19)/b15-10-. The van der Waals surface area contributed by atoms with Crippen LogP contribution in [0.25, 0.3) is 0 Å². The van der Waals surface area contributed by atoms with Gasteiger partial charge in [-0.25, -0.2) is 0 Å². The van der Waals surface area contributed by atoms with Gasteiger partial charge in [-0.05, 0) is 24.4 Å². The molecule has 0 spiro atoms. The van der Waals surface area contributed by atoms with Crippen LogP contribution in [-0.4, -0.2) is 44.2 Å². The zero-order chi connectivity index (χ0) is 14.2. The van der Waals surface area contributed by atoms with Gasteiger partial charge in [-0.1, -0.05) is 6.08 Å². The topological polar surface area (TPSA) is 48.9 Å². The molecule has 2 N–H and O–H groups in total. The molecule has 2 rings (SSSR count). The first-order valence-corrected chi connectivity index (χ1v) is 7.62. The number of nitrogens with zero attached hydrogens (tertiary/aromatic N) is 2. The number of rotatable bonds is 5. The number of hydrogen-bond donors (Lipinski definition) is 2. The van der Waals surface area contributed by atoms with Crippen molar-refractivity contribution in [2.75, 3.05) is 37.7 Å². The molecule has 0 bridgehead atoms. The van der Waals surface area contributed by atoms with Gasteiger partial charge in [0.05, 0.1) is 24.4 Å². The molecule has 1 aliphatic rings. The van der Waals surface area contributed by atoms with Gasteiger partial charge in [0.1, 0.15) is 0 Å². The summed E-state index contributed by atoms with van der Waals surface area (Å²) in [4.78, 5) is 3.42. The van der Waals surface area contributed by atoms with Crippen LogP contribution in [0.1, 0.15) is 4.88 Å². The number of anilines is 1. The minimum atomic E-state index is 0.492. The molecule has 5 nitrogen and oxygen atoms in total. The molecule has 0 saturated carbocycles. The van der Waals surface area contributed by atoms with Crippen LogP contribution in [0, 0.1) is 0 Å². The third-order valence-corrected chi connectivity index (χ3v) is 4.02. The van der Waals surface area contributed by atoms with Crippen molar-refractivity contribution in [3.8, 4) is 0 Å². The minimum Gasteiger partial charge on any atom is -0.378 e. The molecule has 1 saturated heterocycles. The molecule has 0 aliphatic carbocycles. The Bertz CT molecular complexity index is 480. The Labute approximate surface area is 128 Å². The number of morpholine rings is 1. The lowest BCUT2D eigenvalue weighted by molar-refractivity contribution is 0.123. The van der Waals surface area contributed by atoms with Crippen LogP contribution in [-0.2, 0) is 4.74 Å². The van der Waals surface area contributed by atoms with Crippen LogP contribution >= 0.6 is 23.6 Å². The first-order chi connectivity index (χ1) is 9.79. The summed E-state index contributed by atoms with van der Waals surface area (Å²) in [6.45, 7) is 7.73. The maximum atomic E-state index is 5.35. The summed E-state index contributed by atoms with van der Waals surface area (Å²) in [5, 5.41) is 8.80. The summed E-state index contributed by atoms with van der Waals surface area (Å²) in [6, 6.07) is 4.17. The summed E-state index contributed by atoms with van der Waals surface area (Å²) in [7, 11) is 0. The zero-order valence-corrected chi connectivity index (χ0v) is 12.8. The second-order valence-corrected chi connectivity index (χ2v) is 5.65. The van der Waals surface area contributed by atoms with Gasteiger partial charge in [-0.2, -0.15) is 5.10 Å². The van der Waals surface area contributed by atoms with E-state index in [0.29, 0.717) is 11.7 Å². The molecule has 1 aromatic heterocycles. The second-order valence-electron chi connectivity index (χ2n) is 4.14. The highest BCUT2D eigenvalue weighted by molar-refractivity contribution is 7.80. The van der Waals surface area contributed by atoms with Crippen molar-refractivity contribution in [3.63, 3.8) is 0 Å². The van der Waals surface area contributed by atoms with E-state index in [0.717, 1.165) is 31.2 Å². The van der Waals surface area contributed by atoms with E-state index < -0.39 is 0 Å². The van der Waals surface area contributed by atoms with E-state index in [1.54, 1.807) is 23.6 Å². The van der Waals surface area contributed by atoms with Crippen LogP contribution in [0.4, 0.5) is 5.00 Å². The normalized spacial score (nSPS) is 15.3. The predicted octanol–water partition coefficient (Wildman–Crippen LogP) is 1.57. The lowest BCUT2D eigenvalue weighted by atomic mass is 10.4. The minimum absolute atomic E-state index is 0.492. The Balaban J connectivity index is 1.82. The molecule has 108 valence electrons. The van der Waals surface area contributed by atoms with Crippen molar-refractivity contribution in [2.45, 2.75) is 0 Å². The Morgan fingerprint density at radius 2 is 2.30 bits per heavy atom. The monoisotopic (exact) mass is 310 g/mol. The van der Waals surface area contributed by atoms with Crippen molar-refractivity contribution < 1.29 is 4.74 Å². The fraction of sp³-hybridized carbons (Fsp3) is 0.385. The highest BCUT2D eigenvalue weighted by Crippen LogP contribution is 2.25. The lowest BCUT2D eigenvalue weighted by Crippen LogP contribution is -2.35. The number of nitrogens with one attached hydrogen (secondary N) is 2. The number of hydrazone groups is 1. The van der Waals surface area contributed by atoms with E-state index in [2.05, 4.69) is 39.5 Å².